The summed E-state index contributed by atoms with van der Waals surface area (Å²) in [4.78, 5) is 42.2. The predicted molar refractivity (Wildman–Crippen MR) is 133 cm³/mol. The molecule has 182 valence electrons. The fourth-order valence-electron chi connectivity index (χ4n) is 3.99. The maximum absolute atomic E-state index is 13.4. The van der Waals surface area contributed by atoms with Crippen LogP contribution in [-0.2, 0) is 16.0 Å². The molecule has 1 fully saturated rings. The van der Waals surface area contributed by atoms with Crippen molar-refractivity contribution >= 4 is 35.0 Å². The number of nitrogens with one attached hydrogen (secondary N) is 2. The lowest BCUT2D eigenvalue weighted by Crippen LogP contribution is -2.56. The van der Waals surface area contributed by atoms with Gasteiger partial charge in [-0.1, -0.05) is 54.1 Å². The smallest absolute Gasteiger partial charge is 0.287 e. The molecular formula is C26H27ClN4O4. The van der Waals surface area contributed by atoms with Gasteiger partial charge in [-0.05, 0) is 29.8 Å². The first kappa shape index (κ1) is 24.5. The maximum Gasteiger partial charge on any atom is 0.287 e. The zero-order valence-corrected chi connectivity index (χ0v) is 19.9. The zero-order chi connectivity index (χ0) is 24.6. The van der Waals surface area contributed by atoms with Crippen LogP contribution in [0.2, 0.25) is 5.02 Å². The molecule has 8 nitrogen and oxygen atoms in total. The summed E-state index contributed by atoms with van der Waals surface area (Å²) in [5.41, 5.74) is 1.52. The number of piperazine rings is 1. The van der Waals surface area contributed by atoms with Crippen LogP contribution in [0, 0.1) is 0 Å². The number of carbonyl (C=O) groups is 3. The minimum atomic E-state index is -0.731. The van der Waals surface area contributed by atoms with Crippen LogP contribution in [-0.4, -0.2) is 66.3 Å². The van der Waals surface area contributed by atoms with Crippen molar-refractivity contribution in [3.63, 3.8) is 0 Å². The minimum Gasteiger partial charge on any atom is -0.459 e. The molecule has 4 rings (SSSR count). The molecule has 2 aromatic carbocycles. The second-order valence-corrected chi connectivity index (χ2v) is 8.73. The van der Waals surface area contributed by atoms with Gasteiger partial charge in [-0.25, -0.2) is 0 Å². The maximum atomic E-state index is 13.4. The number of nitrogens with zero attached hydrogens (tertiary/aromatic N) is 2. The number of halogens is 1. The topological polar surface area (TPSA) is 94.9 Å². The van der Waals surface area contributed by atoms with E-state index in [4.69, 9.17) is 16.0 Å². The SMILES string of the molecule is O=C(CN1CCN(C(=O)[C@H](Cc2ccccc2)NC(=O)c2ccco2)CC1)Nc1ccccc1Cl. The van der Waals surface area contributed by atoms with Crippen molar-refractivity contribution in [2.75, 3.05) is 38.0 Å². The second-order valence-electron chi connectivity index (χ2n) is 8.32. The first-order valence-electron chi connectivity index (χ1n) is 11.4. The number of rotatable bonds is 8. The van der Waals surface area contributed by atoms with Crippen LogP contribution in [0.5, 0.6) is 0 Å². The molecular weight excluding hydrogens is 468 g/mol. The van der Waals surface area contributed by atoms with Gasteiger partial charge in [0.1, 0.15) is 6.04 Å². The molecule has 0 aliphatic carbocycles. The van der Waals surface area contributed by atoms with Crippen molar-refractivity contribution in [2.45, 2.75) is 12.5 Å². The van der Waals surface area contributed by atoms with E-state index >= 15 is 0 Å². The van der Waals surface area contributed by atoms with Crippen LogP contribution in [0.4, 0.5) is 5.69 Å². The molecule has 1 atom stereocenters. The second kappa shape index (κ2) is 11.7. The van der Waals surface area contributed by atoms with Gasteiger partial charge in [0.15, 0.2) is 5.76 Å². The highest BCUT2D eigenvalue weighted by atomic mass is 35.5. The van der Waals surface area contributed by atoms with Crippen LogP contribution in [0.15, 0.2) is 77.4 Å². The van der Waals surface area contributed by atoms with Crippen molar-refractivity contribution in [1.29, 1.82) is 0 Å². The van der Waals surface area contributed by atoms with Crippen molar-refractivity contribution in [3.8, 4) is 0 Å². The fourth-order valence-corrected chi connectivity index (χ4v) is 4.17. The number of carbonyl (C=O) groups excluding carboxylic acids is 3. The summed E-state index contributed by atoms with van der Waals surface area (Å²) in [6.07, 6.45) is 1.79. The number of anilines is 1. The average molecular weight is 495 g/mol. The number of hydrogen-bond donors (Lipinski definition) is 2. The lowest BCUT2D eigenvalue weighted by Gasteiger charge is -2.36. The Kier molecular flexibility index (Phi) is 8.18. The van der Waals surface area contributed by atoms with Crippen molar-refractivity contribution < 1.29 is 18.8 Å². The summed E-state index contributed by atoms with van der Waals surface area (Å²) in [7, 11) is 0. The number of para-hydroxylation sites is 1. The van der Waals surface area contributed by atoms with Gasteiger partial charge in [0.05, 0.1) is 23.5 Å². The van der Waals surface area contributed by atoms with Crippen molar-refractivity contribution in [1.82, 2.24) is 15.1 Å². The molecule has 9 heteroatoms. The molecule has 0 saturated carbocycles. The van der Waals surface area contributed by atoms with E-state index < -0.39 is 11.9 Å². The summed E-state index contributed by atoms with van der Waals surface area (Å²) in [6.45, 7) is 2.22. The monoisotopic (exact) mass is 494 g/mol. The highest BCUT2D eigenvalue weighted by Gasteiger charge is 2.30. The van der Waals surface area contributed by atoms with E-state index in [0.717, 1.165) is 5.56 Å². The van der Waals surface area contributed by atoms with Crippen LogP contribution in [0.1, 0.15) is 16.1 Å². The summed E-state index contributed by atoms with van der Waals surface area (Å²) < 4.78 is 5.18. The van der Waals surface area contributed by atoms with E-state index in [1.165, 1.54) is 6.26 Å². The van der Waals surface area contributed by atoms with Crippen LogP contribution in [0.25, 0.3) is 0 Å². The highest BCUT2D eigenvalue weighted by Crippen LogP contribution is 2.20. The Morgan fingerprint density at radius 1 is 0.914 bits per heavy atom. The number of amides is 3. The van der Waals surface area contributed by atoms with Gasteiger partial charge in [0, 0.05) is 32.6 Å². The Morgan fingerprint density at radius 2 is 1.63 bits per heavy atom. The van der Waals surface area contributed by atoms with Crippen LogP contribution < -0.4 is 10.6 Å². The third-order valence-electron chi connectivity index (χ3n) is 5.83. The number of furan rings is 1. The molecule has 3 aromatic rings. The number of benzene rings is 2. The van der Waals surface area contributed by atoms with E-state index in [1.54, 1.807) is 35.2 Å². The van der Waals surface area contributed by atoms with E-state index in [-0.39, 0.29) is 24.1 Å². The Balaban J connectivity index is 1.34. The van der Waals surface area contributed by atoms with E-state index in [0.29, 0.717) is 43.3 Å². The quantitative estimate of drug-likeness (QED) is 0.502. The van der Waals surface area contributed by atoms with Crippen LogP contribution >= 0.6 is 11.6 Å². The van der Waals surface area contributed by atoms with Gasteiger partial charge in [0.25, 0.3) is 5.91 Å². The van der Waals surface area contributed by atoms with Gasteiger partial charge in [-0.2, -0.15) is 0 Å². The summed E-state index contributed by atoms with van der Waals surface area (Å²) in [5.74, 6) is -0.594. The molecule has 0 spiro atoms. The number of hydrogen-bond acceptors (Lipinski definition) is 5. The third kappa shape index (κ3) is 6.71. The molecule has 0 bridgehead atoms. The molecule has 1 aliphatic rings. The summed E-state index contributed by atoms with van der Waals surface area (Å²) >= 11 is 6.11. The predicted octanol–water partition coefficient (Wildman–Crippen LogP) is 3.06. The standard InChI is InChI=1S/C26H27ClN4O4/c27-20-9-4-5-10-21(20)28-24(32)18-30-12-14-31(15-13-30)26(34)22(17-19-7-2-1-3-8-19)29-25(33)23-11-6-16-35-23/h1-11,16,22H,12-15,17-18H2,(H,28,32)(H,29,33)/t22-/m0/s1. The van der Waals surface area contributed by atoms with Gasteiger partial charge in [-0.3, -0.25) is 19.3 Å². The molecule has 2 N–H and O–H groups in total. The summed E-state index contributed by atoms with van der Waals surface area (Å²) in [5, 5.41) is 6.13. The fraction of sp³-hybridized carbons (Fsp3) is 0.269. The molecule has 0 radical (unpaired) electrons. The third-order valence-corrected chi connectivity index (χ3v) is 6.16. The Bertz CT molecular complexity index is 1150. The first-order chi connectivity index (χ1) is 17.0. The Hall–Kier alpha value is -3.62. The first-order valence-corrected chi connectivity index (χ1v) is 11.8. The Morgan fingerprint density at radius 3 is 2.31 bits per heavy atom. The van der Waals surface area contributed by atoms with E-state index in [1.807, 2.05) is 41.3 Å². The van der Waals surface area contributed by atoms with Crippen LogP contribution in [0.3, 0.4) is 0 Å². The normalized spacial score (nSPS) is 14.8. The highest BCUT2D eigenvalue weighted by molar-refractivity contribution is 6.33. The molecule has 2 heterocycles. The molecule has 3 amide bonds. The molecule has 0 unspecified atom stereocenters. The van der Waals surface area contributed by atoms with E-state index in [9.17, 15) is 14.4 Å². The molecule has 35 heavy (non-hydrogen) atoms. The lowest BCUT2D eigenvalue weighted by molar-refractivity contribution is -0.135. The van der Waals surface area contributed by atoms with Gasteiger partial charge in [0.2, 0.25) is 11.8 Å². The van der Waals surface area contributed by atoms with Gasteiger partial charge < -0.3 is 20.0 Å². The molecule has 1 saturated heterocycles. The Labute approximate surface area is 208 Å². The van der Waals surface area contributed by atoms with Crippen molar-refractivity contribution in [2.24, 2.45) is 0 Å². The minimum absolute atomic E-state index is 0.158. The summed E-state index contributed by atoms with van der Waals surface area (Å²) in [6, 6.07) is 19.1. The average Bonchev–Trinajstić information content (AvgIpc) is 3.41. The van der Waals surface area contributed by atoms with Gasteiger partial charge in [-0.15, -0.1) is 0 Å². The largest absolute Gasteiger partial charge is 0.459 e. The zero-order valence-electron chi connectivity index (χ0n) is 19.2. The molecule has 1 aliphatic heterocycles. The lowest BCUT2D eigenvalue weighted by atomic mass is 10.0. The van der Waals surface area contributed by atoms with E-state index in [2.05, 4.69) is 10.6 Å². The molecule has 1 aromatic heterocycles. The van der Waals surface area contributed by atoms with Gasteiger partial charge >= 0.3 is 0 Å². The van der Waals surface area contributed by atoms with Crippen molar-refractivity contribution in [3.05, 3.63) is 89.3 Å².